The average molecular weight is 297 g/mol. The smallest absolute Gasteiger partial charge is 0.253 e. The van der Waals surface area contributed by atoms with E-state index in [4.69, 9.17) is 17.3 Å². The Hall–Kier alpha value is -1.50. The molecule has 0 saturated carbocycles. The summed E-state index contributed by atoms with van der Waals surface area (Å²) in [6.07, 6.45) is 0. The van der Waals surface area contributed by atoms with Gasteiger partial charge >= 0.3 is 0 Å². The number of rotatable bonds is 4. The van der Waals surface area contributed by atoms with Gasteiger partial charge in [0.15, 0.2) is 5.16 Å². The van der Waals surface area contributed by atoms with Crippen molar-refractivity contribution in [2.45, 2.75) is 16.6 Å². The van der Waals surface area contributed by atoms with E-state index < -0.39 is 0 Å². The van der Waals surface area contributed by atoms with Crippen molar-refractivity contribution in [1.82, 2.24) is 15.3 Å². The summed E-state index contributed by atoms with van der Waals surface area (Å²) in [5.41, 5.74) is 6.25. The molecule has 2 aromatic rings. The number of hydrogen-bond acceptors (Lipinski definition) is 5. The molecule has 5 nitrogen and oxygen atoms in total. The summed E-state index contributed by atoms with van der Waals surface area (Å²) in [5.74, 6) is 0.198. The molecular formula is C12H13ClN4OS. The third kappa shape index (κ3) is 3.50. The van der Waals surface area contributed by atoms with Crippen molar-refractivity contribution in [2.75, 3.05) is 12.8 Å². The van der Waals surface area contributed by atoms with Gasteiger partial charge in [0.1, 0.15) is 5.82 Å². The molecule has 0 atom stereocenters. The molecule has 1 heterocycles. The van der Waals surface area contributed by atoms with Crippen molar-refractivity contribution >= 4 is 29.2 Å². The van der Waals surface area contributed by atoms with Gasteiger partial charge in [-0.15, -0.1) is 0 Å². The summed E-state index contributed by atoms with van der Waals surface area (Å²) in [7, 11) is 1.85. The summed E-state index contributed by atoms with van der Waals surface area (Å²) >= 11 is 7.49. The molecule has 0 saturated heterocycles. The molecule has 0 aliphatic heterocycles. The Morgan fingerprint density at radius 3 is 3.00 bits per heavy atom. The summed E-state index contributed by atoms with van der Waals surface area (Å²) in [5, 5.41) is 4.18. The second kappa shape index (κ2) is 6.10. The standard InChI is InChI=1S/C12H13ClN4OS/c1-15-6-7-8(13)3-2-4-9(7)19-12-16-10(14)5-11(18)17-12/h2-5,15H,6H2,1H3,(H3,14,16,17,18). The van der Waals surface area contributed by atoms with E-state index in [2.05, 4.69) is 15.3 Å². The van der Waals surface area contributed by atoms with Crippen LogP contribution < -0.4 is 16.6 Å². The molecule has 1 aromatic heterocycles. The number of H-pyrrole nitrogens is 1. The van der Waals surface area contributed by atoms with Crippen LogP contribution >= 0.6 is 23.4 Å². The van der Waals surface area contributed by atoms with Gasteiger partial charge in [0.05, 0.1) is 0 Å². The van der Waals surface area contributed by atoms with Crippen molar-refractivity contribution in [3.63, 3.8) is 0 Å². The van der Waals surface area contributed by atoms with Gasteiger partial charge in [-0.05, 0) is 24.7 Å². The van der Waals surface area contributed by atoms with E-state index in [9.17, 15) is 4.79 Å². The first-order chi connectivity index (χ1) is 9.10. The van der Waals surface area contributed by atoms with Gasteiger partial charge in [0.2, 0.25) is 0 Å². The van der Waals surface area contributed by atoms with Crippen LogP contribution in [-0.2, 0) is 6.54 Å². The molecule has 0 unspecified atom stereocenters. The maximum atomic E-state index is 11.4. The van der Waals surface area contributed by atoms with Crippen LogP contribution in [0.3, 0.4) is 0 Å². The summed E-state index contributed by atoms with van der Waals surface area (Å²) in [4.78, 5) is 19.0. The lowest BCUT2D eigenvalue weighted by molar-refractivity contribution is 0.802. The predicted octanol–water partition coefficient (Wildman–Crippen LogP) is 1.88. The fourth-order valence-electron chi connectivity index (χ4n) is 1.59. The first kappa shape index (κ1) is 13.9. The Morgan fingerprint density at radius 2 is 2.32 bits per heavy atom. The number of halogens is 1. The van der Waals surface area contributed by atoms with Crippen molar-refractivity contribution in [3.05, 3.63) is 45.2 Å². The fraction of sp³-hybridized carbons (Fsp3) is 0.167. The minimum absolute atomic E-state index is 0.198. The summed E-state index contributed by atoms with van der Waals surface area (Å²) in [6, 6.07) is 6.85. The predicted molar refractivity (Wildman–Crippen MR) is 77.6 cm³/mol. The van der Waals surface area contributed by atoms with E-state index in [1.54, 1.807) is 0 Å². The fourth-order valence-corrected chi connectivity index (χ4v) is 2.85. The molecule has 100 valence electrons. The summed E-state index contributed by atoms with van der Waals surface area (Å²) < 4.78 is 0. The third-order valence-corrected chi connectivity index (χ3v) is 3.72. The monoisotopic (exact) mass is 296 g/mol. The first-order valence-electron chi connectivity index (χ1n) is 5.57. The normalized spacial score (nSPS) is 10.6. The highest BCUT2D eigenvalue weighted by Gasteiger charge is 2.09. The molecule has 19 heavy (non-hydrogen) atoms. The quantitative estimate of drug-likeness (QED) is 0.750. The molecule has 0 radical (unpaired) electrons. The molecule has 2 rings (SSSR count). The highest BCUT2D eigenvalue weighted by Crippen LogP contribution is 2.31. The lowest BCUT2D eigenvalue weighted by atomic mass is 10.2. The zero-order chi connectivity index (χ0) is 13.8. The molecule has 1 aromatic carbocycles. The van der Waals surface area contributed by atoms with Crippen molar-refractivity contribution < 1.29 is 0 Å². The Morgan fingerprint density at radius 1 is 1.53 bits per heavy atom. The van der Waals surface area contributed by atoms with Crippen LogP contribution in [-0.4, -0.2) is 17.0 Å². The summed E-state index contributed by atoms with van der Waals surface area (Å²) in [6.45, 7) is 0.633. The molecule has 0 fully saturated rings. The van der Waals surface area contributed by atoms with Gasteiger partial charge in [-0.2, -0.15) is 0 Å². The Balaban J connectivity index is 2.37. The van der Waals surface area contributed by atoms with E-state index >= 15 is 0 Å². The lowest BCUT2D eigenvalue weighted by Crippen LogP contribution is -2.10. The Labute approximate surface area is 119 Å². The van der Waals surface area contributed by atoms with E-state index in [1.807, 2.05) is 25.2 Å². The Kier molecular flexibility index (Phi) is 4.47. The molecule has 4 N–H and O–H groups in total. The van der Waals surface area contributed by atoms with Gasteiger partial charge in [0, 0.05) is 22.5 Å². The topological polar surface area (TPSA) is 83.8 Å². The van der Waals surface area contributed by atoms with Gasteiger partial charge in [-0.1, -0.05) is 29.4 Å². The highest BCUT2D eigenvalue weighted by molar-refractivity contribution is 7.99. The molecule has 0 aliphatic carbocycles. The van der Waals surface area contributed by atoms with Gasteiger partial charge in [-0.3, -0.25) is 4.79 Å². The first-order valence-corrected chi connectivity index (χ1v) is 6.76. The van der Waals surface area contributed by atoms with E-state index in [1.165, 1.54) is 17.8 Å². The second-order valence-corrected chi connectivity index (χ2v) is 5.26. The van der Waals surface area contributed by atoms with Crippen LogP contribution in [0, 0.1) is 0 Å². The van der Waals surface area contributed by atoms with E-state index in [0.717, 1.165) is 10.5 Å². The minimum atomic E-state index is -0.271. The van der Waals surface area contributed by atoms with Crippen molar-refractivity contribution in [2.24, 2.45) is 0 Å². The van der Waals surface area contributed by atoms with E-state index in [-0.39, 0.29) is 11.4 Å². The number of anilines is 1. The van der Waals surface area contributed by atoms with Crippen LogP contribution in [0.2, 0.25) is 5.02 Å². The molecular weight excluding hydrogens is 284 g/mol. The number of nitrogens with one attached hydrogen (secondary N) is 2. The Bertz CT molecular complexity index is 644. The average Bonchev–Trinajstić information content (AvgIpc) is 2.32. The van der Waals surface area contributed by atoms with Crippen LogP contribution in [0.15, 0.2) is 39.1 Å². The van der Waals surface area contributed by atoms with E-state index in [0.29, 0.717) is 16.7 Å². The van der Waals surface area contributed by atoms with Gasteiger partial charge < -0.3 is 16.0 Å². The SMILES string of the molecule is CNCc1c(Cl)cccc1Sc1nc(N)cc(=O)[nH]1. The van der Waals surface area contributed by atoms with Gasteiger partial charge in [0.25, 0.3) is 5.56 Å². The number of aromatic nitrogens is 2. The van der Waals surface area contributed by atoms with Crippen LogP contribution in [0.4, 0.5) is 5.82 Å². The highest BCUT2D eigenvalue weighted by atomic mass is 35.5. The molecule has 0 amide bonds. The van der Waals surface area contributed by atoms with Crippen molar-refractivity contribution in [1.29, 1.82) is 0 Å². The maximum Gasteiger partial charge on any atom is 0.253 e. The largest absolute Gasteiger partial charge is 0.383 e. The van der Waals surface area contributed by atoms with Crippen LogP contribution in [0.5, 0.6) is 0 Å². The zero-order valence-electron chi connectivity index (χ0n) is 10.2. The molecule has 7 heteroatoms. The van der Waals surface area contributed by atoms with Crippen LogP contribution in [0.25, 0.3) is 0 Å². The van der Waals surface area contributed by atoms with Gasteiger partial charge in [-0.25, -0.2) is 4.98 Å². The molecule has 0 aliphatic rings. The second-order valence-electron chi connectivity index (χ2n) is 3.82. The zero-order valence-corrected chi connectivity index (χ0v) is 11.8. The van der Waals surface area contributed by atoms with Crippen LogP contribution in [0.1, 0.15) is 5.56 Å². The minimum Gasteiger partial charge on any atom is -0.383 e. The molecule has 0 spiro atoms. The molecule has 0 bridgehead atoms. The number of nitrogen functional groups attached to an aromatic ring is 1. The number of aromatic amines is 1. The van der Waals surface area contributed by atoms with Crippen molar-refractivity contribution in [3.8, 4) is 0 Å². The maximum absolute atomic E-state index is 11.4. The number of hydrogen-bond donors (Lipinski definition) is 3. The third-order valence-electron chi connectivity index (χ3n) is 2.38. The lowest BCUT2D eigenvalue weighted by Gasteiger charge is -2.10. The number of nitrogens with zero attached hydrogens (tertiary/aromatic N) is 1. The number of nitrogens with two attached hydrogens (primary N) is 1. The number of benzene rings is 1.